The summed E-state index contributed by atoms with van der Waals surface area (Å²) in [6.45, 7) is 0.169. The molecule has 0 saturated carbocycles. The quantitative estimate of drug-likeness (QED) is 0.172. The van der Waals surface area contributed by atoms with Crippen molar-refractivity contribution in [3.05, 3.63) is 124 Å². The normalized spacial score (nSPS) is 12.2. The molecule has 1 aromatic heterocycles. The summed E-state index contributed by atoms with van der Waals surface area (Å²) < 4.78 is 51.1. The van der Waals surface area contributed by atoms with Crippen LogP contribution in [0.25, 0.3) is 22.1 Å². The molecular weight excluding hydrogens is 615 g/mol. The Morgan fingerprint density at radius 3 is 2.43 bits per heavy atom. The van der Waals surface area contributed by atoms with E-state index in [1.807, 2.05) is 48.5 Å². The smallest absolute Gasteiger partial charge is 0.416 e. The SMILES string of the molecule is O=C(NCc1ccc2c(Br)c(OC(Cc3ccccc3)C(=O)O)ccc2c1)c1ccc(-c2cccc(C(F)(F)F)c2)o1. The third kappa shape index (κ3) is 6.66. The lowest BCUT2D eigenvalue weighted by molar-refractivity contribution is -0.145. The van der Waals surface area contributed by atoms with Gasteiger partial charge in [0.2, 0.25) is 0 Å². The maximum atomic E-state index is 13.0. The molecule has 214 valence electrons. The molecule has 0 aliphatic heterocycles. The summed E-state index contributed by atoms with van der Waals surface area (Å²) >= 11 is 3.54. The van der Waals surface area contributed by atoms with Crippen molar-refractivity contribution in [1.82, 2.24) is 5.32 Å². The fraction of sp³-hybridized carbons (Fsp3) is 0.125. The summed E-state index contributed by atoms with van der Waals surface area (Å²) in [5.41, 5.74) is 1.03. The van der Waals surface area contributed by atoms with Crippen molar-refractivity contribution < 1.29 is 37.0 Å². The van der Waals surface area contributed by atoms with Gasteiger partial charge in [-0.2, -0.15) is 13.2 Å². The first-order valence-corrected chi connectivity index (χ1v) is 13.6. The predicted octanol–water partition coefficient (Wildman–Crippen LogP) is 7.89. The number of carbonyl (C=O) groups excluding carboxylic acids is 1. The lowest BCUT2D eigenvalue weighted by Crippen LogP contribution is -2.29. The van der Waals surface area contributed by atoms with Crippen LogP contribution < -0.4 is 10.1 Å². The van der Waals surface area contributed by atoms with Gasteiger partial charge in [-0.1, -0.05) is 60.7 Å². The zero-order valence-electron chi connectivity index (χ0n) is 21.8. The number of furan rings is 1. The Bertz CT molecular complexity index is 1750. The second-order valence-electron chi connectivity index (χ2n) is 9.49. The Labute approximate surface area is 246 Å². The van der Waals surface area contributed by atoms with Gasteiger partial charge in [0, 0.05) is 18.5 Å². The Morgan fingerprint density at radius 1 is 0.905 bits per heavy atom. The number of nitrogens with one attached hydrogen (secondary N) is 1. The number of hydrogen-bond donors (Lipinski definition) is 2. The van der Waals surface area contributed by atoms with Crippen molar-refractivity contribution in [2.45, 2.75) is 25.2 Å². The van der Waals surface area contributed by atoms with E-state index in [0.29, 0.717) is 10.2 Å². The van der Waals surface area contributed by atoms with Crippen LogP contribution in [0.15, 0.2) is 106 Å². The summed E-state index contributed by atoms with van der Waals surface area (Å²) in [5, 5.41) is 14.1. The number of benzene rings is 4. The predicted molar refractivity (Wildman–Crippen MR) is 154 cm³/mol. The van der Waals surface area contributed by atoms with Crippen LogP contribution in [0.3, 0.4) is 0 Å². The fourth-order valence-corrected chi connectivity index (χ4v) is 5.00. The standard InChI is InChI=1S/C32H23BrF3NO5/c33-29-24-11-9-20(15-21(24)10-12-26(29)42-28(31(39)40)16-19-5-2-1-3-6-19)18-37-30(38)27-14-13-25(41-27)22-7-4-8-23(17-22)32(34,35)36/h1-15,17,28H,16,18H2,(H,37,38)(H,39,40). The highest BCUT2D eigenvalue weighted by Gasteiger charge is 2.30. The second kappa shape index (κ2) is 12.1. The first-order chi connectivity index (χ1) is 20.1. The van der Waals surface area contributed by atoms with Crippen LogP contribution in [0, 0.1) is 0 Å². The number of halogens is 4. The Balaban J connectivity index is 1.25. The molecule has 1 unspecified atom stereocenters. The minimum Gasteiger partial charge on any atom is -0.478 e. The average molecular weight is 638 g/mol. The van der Waals surface area contributed by atoms with Crippen molar-refractivity contribution in [2.75, 3.05) is 0 Å². The Kier molecular flexibility index (Phi) is 8.35. The molecule has 0 aliphatic rings. The molecule has 1 atom stereocenters. The zero-order chi connectivity index (χ0) is 29.9. The van der Waals surface area contributed by atoms with E-state index in [1.54, 1.807) is 12.1 Å². The molecule has 2 N–H and O–H groups in total. The highest BCUT2D eigenvalue weighted by atomic mass is 79.9. The van der Waals surface area contributed by atoms with Gasteiger partial charge >= 0.3 is 12.1 Å². The van der Waals surface area contributed by atoms with E-state index >= 15 is 0 Å². The van der Waals surface area contributed by atoms with Gasteiger partial charge in [0.25, 0.3) is 5.91 Å². The zero-order valence-corrected chi connectivity index (χ0v) is 23.4. The van der Waals surface area contributed by atoms with Crippen molar-refractivity contribution >= 4 is 38.6 Å². The first kappa shape index (κ1) is 28.9. The number of aliphatic carboxylic acids is 1. The van der Waals surface area contributed by atoms with Gasteiger partial charge in [-0.3, -0.25) is 4.79 Å². The monoisotopic (exact) mass is 637 g/mol. The highest BCUT2D eigenvalue weighted by Crippen LogP contribution is 2.35. The third-order valence-electron chi connectivity index (χ3n) is 6.55. The lowest BCUT2D eigenvalue weighted by Gasteiger charge is -2.17. The van der Waals surface area contributed by atoms with Crippen LogP contribution >= 0.6 is 15.9 Å². The van der Waals surface area contributed by atoms with Crippen LogP contribution in [-0.2, 0) is 23.9 Å². The van der Waals surface area contributed by atoms with Crippen molar-refractivity contribution in [3.8, 4) is 17.1 Å². The summed E-state index contributed by atoms with van der Waals surface area (Å²) in [7, 11) is 0. The number of carboxylic acids is 1. The van der Waals surface area contributed by atoms with Crippen molar-refractivity contribution in [2.24, 2.45) is 0 Å². The summed E-state index contributed by atoms with van der Waals surface area (Å²) in [6, 6.07) is 25.8. The van der Waals surface area contributed by atoms with E-state index in [1.165, 1.54) is 24.3 Å². The molecule has 6 nitrogen and oxygen atoms in total. The molecule has 0 bridgehead atoms. The van der Waals surface area contributed by atoms with Gasteiger partial charge in [-0.15, -0.1) is 0 Å². The molecule has 0 radical (unpaired) electrons. The van der Waals surface area contributed by atoms with Crippen molar-refractivity contribution in [1.29, 1.82) is 0 Å². The number of hydrogen-bond acceptors (Lipinski definition) is 4. The van der Waals surface area contributed by atoms with Crippen LogP contribution in [0.1, 0.15) is 27.2 Å². The van der Waals surface area contributed by atoms with Gasteiger partial charge in [0.05, 0.1) is 10.0 Å². The first-order valence-electron chi connectivity index (χ1n) is 12.8. The van der Waals surface area contributed by atoms with E-state index in [0.717, 1.165) is 34.0 Å². The molecular formula is C32H23BrF3NO5. The van der Waals surface area contributed by atoms with E-state index < -0.39 is 29.7 Å². The maximum Gasteiger partial charge on any atom is 0.416 e. The molecule has 5 rings (SSSR count). The maximum absolute atomic E-state index is 13.0. The molecule has 0 spiro atoms. The number of carboxylic acid groups (broad SMARTS) is 1. The number of alkyl halides is 3. The average Bonchev–Trinajstić information content (AvgIpc) is 3.48. The van der Waals surface area contributed by atoms with Crippen LogP contribution in [0.2, 0.25) is 0 Å². The molecule has 0 saturated heterocycles. The molecule has 1 amide bonds. The minimum atomic E-state index is -4.49. The fourth-order valence-electron chi connectivity index (χ4n) is 4.42. The number of amides is 1. The van der Waals surface area contributed by atoms with Crippen LogP contribution in [-0.4, -0.2) is 23.1 Å². The Hall–Kier alpha value is -4.57. The lowest BCUT2D eigenvalue weighted by atomic mass is 10.1. The number of rotatable bonds is 9. The van der Waals surface area contributed by atoms with Gasteiger partial charge in [0.15, 0.2) is 11.9 Å². The molecule has 0 fully saturated rings. The molecule has 4 aromatic carbocycles. The summed E-state index contributed by atoms with van der Waals surface area (Å²) in [4.78, 5) is 24.5. The van der Waals surface area contributed by atoms with Gasteiger partial charge in [0.1, 0.15) is 11.5 Å². The number of carbonyl (C=O) groups is 2. The molecule has 42 heavy (non-hydrogen) atoms. The molecule has 0 aliphatic carbocycles. The van der Waals surface area contributed by atoms with Gasteiger partial charge in [-0.05, 0) is 74.2 Å². The van der Waals surface area contributed by atoms with E-state index in [2.05, 4.69) is 21.2 Å². The number of fused-ring (bicyclic) bond motifs is 1. The van der Waals surface area contributed by atoms with Crippen LogP contribution in [0.4, 0.5) is 13.2 Å². The van der Waals surface area contributed by atoms with E-state index in [-0.39, 0.29) is 30.0 Å². The third-order valence-corrected chi connectivity index (χ3v) is 7.37. The Morgan fingerprint density at radius 2 is 1.69 bits per heavy atom. The molecule has 10 heteroatoms. The van der Waals surface area contributed by atoms with Gasteiger partial charge < -0.3 is 19.6 Å². The number of ether oxygens (including phenoxy) is 1. The largest absolute Gasteiger partial charge is 0.478 e. The minimum absolute atomic E-state index is 0.0313. The van der Waals surface area contributed by atoms with Crippen molar-refractivity contribution in [3.63, 3.8) is 0 Å². The topological polar surface area (TPSA) is 88.8 Å². The second-order valence-corrected chi connectivity index (χ2v) is 10.3. The summed E-state index contributed by atoms with van der Waals surface area (Å²) in [6.07, 6.45) is -5.36. The molecule has 5 aromatic rings. The van der Waals surface area contributed by atoms with Gasteiger partial charge in [-0.25, -0.2) is 4.79 Å². The van der Waals surface area contributed by atoms with E-state index in [4.69, 9.17) is 9.15 Å². The van der Waals surface area contributed by atoms with E-state index in [9.17, 15) is 27.9 Å². The molecule has 1 heterocycles. The van der Waals surface area contributed by atoms with Crippen LogP contribution in [0.5, 0.6) is 5.75 Å². The summed E-state index contributed by atoms with van der Waals surface area (Å²) in [5.74, 6) is -1.09. The highest BCUT2D eigenvalue weighted by molar-refractivity contribution is 9.10.